The van der Waals surface area contributed by atoms with Crippen molar-refractivity contribution >= 4 is 16.6 Å². The molecule has 4 heteroatoms. The first kappa shape index (κ1) is 11.7. The first-order valence-corrected chi connectivity index (χ1v) is 5.68. The van der Waals surface area contributed by atoms with Gasteiger partial charge >= 0.3 is 0 Å². The summed E-state index contributed by atoms with van der Waals surface area (Å²) in [5.74, 6) is 6.39. The van der Waals surface area contributed by atoms with E-state index in [0.717, 1.165) is 33.6 Å². The Balaban J connectivity index is 2.79. The minimum absolute atomic E-state index is 0.624. The van der Waals surface area contributed by atoms with Gasteiger partial charge in [-0.2, -0.15) is 0 Å². The van der Waals surface area contributed by atoms with E-state index in [4.69, 9.17) is 10.6 Å². The number of benzene rings is 1. The van der Waals surface area contributed by atoms with Crippen LogP contribution in [0.2, 0.25) is 0 Å². The maximum absolute atomic E-state index is 5.59. The van der Waals surface area contributed by atoms with Gasteiger partial charge < -0.3 is 10.2 Å². The van der Waals surface area contributed by atoms with Crippen LogP contribution in [0.1, 0.15) is 18.2 Å². The Labute approximate surface area is 101 Å². The molecule has 0 aliphatic heterocycles. The average molecular weight is 231 g/mol. The van der Waals surface area contributed by atoms with Gasteiger partial charge in [0.2, 0.25) is 0 Å². The molecule has 90 valence electrons. The molecule has 17 heavy (non-hydrogen) atoms. The Bertz CT molecular complexity index is 552. The first-order valence-electron chi connectivity index (χ1n) is 5.68. The SMILES string of the molecule is CCOc1cccc2c(NN)c(C)c(C)nc12. The van der Waals surface area contributed by atoms with Crippen LogP contribution in [-0.2, 0) is 0 Å². The lowest BCUT2D eigenvalue weighted by molar-refractivity contribution is 0.343. The fourth-order valence-electron chi connectivity index (χ4n) is 1.93. The van der Waals surface area contributed by atoms with Crippen LogP contribution in [0.4, 0.5) is 5.69 Å². The van der Waals surface area contributed by atoms with E-state index in [1.54, 1.807) is 0 Å². The lowest BCUT2D eigenvalue weighted by Gasteiger charge is -2.14. The second kappa shape index (κ2) is 4.59. The summed E-state index contributed by atoms with van der Waals surface area (Å²) in [5.41, 5.74) is 6.54. The van der Waals surface area contributed by atoms with E-state index in [-0.39, 0.29) is 0 Å². The topological polar surface area (TPSA) is 60.2 Å². The molecule has 1 aromatic heterocycles. The monoisotopic (exact) mass is 231 g/mol. The lowest BCUT2D eigenvalue weighted by Crippen LogP contribution is -2.10. The number of nitrogens with zero attached hydrogens (tertiary/aromatic N) is 1. The van der Waals surface area contributed by atoms with Crippen molar-refractivity contribution in [3.8, 4) is 5.75 Å². The predicted molar refractivity (Wildman–Crippen MR) is 70.2 cm³/mol. The van der Waals surface area contributed by atoms with Crippen molar-refractivity contribution < 1.29 is 4.74 Å². The van der Waals surface area contributed by atoms with Crippen molar-refractivity contribution in [2.24, 2.45) is 5.84 Å². The molecule has 0 amide bonds. The highest BCUT2D eigenvalue weighted by atomic mass is 16.5. The summed E-state index contributed by atoms with van der Waals surface area (Å²) in [6.07, 6.45) is 0. The van der Waals surface area contributed by atoms with E-state index < -0.39 is 0 Å². The van der Waals surface area contributed by atoms with Gasteiger partial charge in [-0.3, -0.25) is 5.84 Å². The maximum Gasteiger partial charge on any atom is 0.145 e. The molecular weight excluding hydrogens is 214 g/mol. The van der Waals surface area contributed by atoms with Gasteiger partial charge in [0.25, 0.3) is 0 Å². The minimum atomic E-state index is 0.624. The third-order valence-electron chi connectivity index (χ3n) is 2.91. The van der Waals surface area contributed by atoms with Crippen LogP contribution in [0.5, 0.6) is 5.75 Å². The van der Waals surface area contributed by atoms with Gasteiger partial charge in [0.05, 0.1) is 12.3 Å². The van der Waals surface area contributed by atoms with E-state index in [9.17, 15) is 0 Å². The summed E-state index contributed by atoms with van der Waals surface area (Å²) in [7, 11) is 0. The summed E-state index contributed by atoms with van der Waals surface area (Å²) in [5, 5.41) is 0.988. The number of para-hydroxylation sites is 1. The Kier molecular flexibility index (Phi) is 3.15. The van der Waals surface area contributed by atoms with Crippen LogP contribution in [0.3, 0.4) is 0 Å². The molecule has 0 unspecified atom stereocenters. The van der Waals surface area contributed by atoms with Crippen LogP contribution >= 0.6 is 0 Å². The molecule has 1 heterocycles. The van der Waals surface area contributed by atoms with Crippen LogP contribution in [-0.4, -0.2) is 11.6 Å². The normalized spacial score (nSPS) is 10.6. The molecule has 2 aromatic rings. The number of hydrogen-bond acceptors (Lipinski definition) is 4. The van der Waals surface area contributed by atoms with Gasteiger partial charge in [0.15, 0.2) is 0 Å². The van der Waals surface area contributed by atoms with Crippen molar-refractivity contribution in [3.05, 3.63) is 29.5 Å². The van der Waals surface area contributed by atoms with Crippen LogP contribution < -0.4 is 16.0 Å². The Morgan fingerprint density at radius 2 is 2.12 bits per heavy atom. The Morgan fingerprint density at radius 3 is 2.76 bits per heavy atom. The predicted octanol–water partition coefficient (Wildman–Crippen LogP) is 2.54. The third kappa shape index (κ3) is 1.91. The quantitative estimate of drug-likeness (QED) is 0.629. The highest BCUT2D eigenvalue weighted by Gasteiger charge is 2.11. The van der Waals surface area contributed by atoms with Crippen LogP contribution in [0.15, 0.2) is 18.2 Å². The van der Waals surface area contributed by atoms with Crippen LogP contribution in [0.25, 0.3) is 10.9 Å². The lowest BCUT2D eigenvalue weighted by atomic mass is 10.1. The molecule has 0 fully saturated rings. The maximum atomic E-state index is 5.59. The summed E-state index contributed by atoms with van der Waals surface area (Å²) >= 11 is 0. The van der Waals surface area contributed by atoms with E-state index in [1.807, 2.05) is 39.0 Å². The standard InChI is InChI=1S/C13H17N3O/c1-4-17-11-7-5-6-10-12(16-14)8(2)9(3)15-13(10)11/h5-7H,4,14H2,1-3H3,(H,15,16). The number of ether oxygens (including phenoxy) is 1. The van der Waals surface area contributed by atoms with Gasteiger partial charge in [0, 0.05) is 11.1 Å². The summed E-state index contributed by atoms with van der Waals surface area (Å²) < 4.78 is 5.58. The zero-order valence-electron chi connectivity index (χ0n) is 10.4. The number of nitrogens with two attached hydrogens (primary N) is 1. The van der Waals surface area contributed by atoms with E-state index in [0.29, 0.717) is 6.61 Å². The number of nitrogens with one attached hydrogen (secondary N) is 1. The Hall–Kier alpha value is -1.81. The molecule has 0 bridgehead atoms. The van der Waals surface area contributed by atoms with Crippen molar-refractivity contribution in [2.75, 3.05) is 12.0 Å². The molecule has 0 saturated carbocycles. The molecule has 3 N–H and O–H groups in total. The number of hydrogen-bond donors (Lipinski definition) is 2. The number of aryl methyl sites for hydroxylation is 1. The van der Waals surface area contributed by atoms with Gasteiger partial charge in [-0.05, 0) is 32.4 Å². The summed E-state index contributed by atoms with van der Waals surface area (Å²) in [6, 6.07) is 5.87. The number of rotatable bonds is 3. The zero-order chi connectivity index (χ0) is 12.4. The summed E-state index contributed by atoms with van der Waals surface area (Å²) in [6.45, 7) is 6.56. The zero-order valence-corrected chi connectivity index (χ0v) is 10.4. The molecule has 4 nitrogen and oxygen atoms in total. The summed E-state index contributed by atoms with van der Waals surface area (Å²) in [4.78, 5) is 4.58. The number of fused-ring (bicyclic) bond motifs is 1. The van der Waals surface area contributed by atoms with Gasteiger partial charge in [0.1, 0.15) is 11.3 Å². The fraction of sp³-hybridized carbons (Fsp3) is 0.308. The fourth-order valence-corrected chi connectivity index (χ4v) is 1.93. The van der Waals surface area contributed by atoms with Crippen molar-refractivity contribution in [1.29, 1.82) is 0 Å². The van der Waals surface area contributed by atoms with Crippen molar-refractivity contribution in [1.82, 2.24) is 4.98 Å². The molecular formula is C13H17N3O. The average Bonchev–Trinajstić information content (AvgIpc) is 2.32. The second-order valence-corrected chi connectivity index (χ2v) is 3.93. The molecule has 0 saturated heterocycles. The van der Waals surface area contributed by atoms with E-state index >= 15 is 0 Å². The first-order chi connectivity index (χ1) is 8.19. The molecule has 0 spiro atoms. The van der Waals surface area contributed by atoms with Gasteiger partial charge in [-0.15, -0.1) is 0 Å². The number of aromatic nitrogens is 1. The Morgan fingerprint density at radius 1 is 1.35 bits per heavy atom. The van der Waals surface area contributed by atoms with Gasteiger partial charge in [-0.1, -0.05) is 12.1 Å². The largest absolute Gasteiger partial charge is 0.492 e. The molecule has 2 rings (SSSR count). The van der Waals surface area contributed by atoms with E-state index in [1.165, 1.54) is 0 Å². The highest BCUT2D eigenvalue weighted by Crippen LogP contribution is 2.32. The molecule has 0 radical (unpaired) electrons. The number of pyridine rings is 1. The molecule has 0 aliphatic carbocycles. The van der Waals surface area contributed by atoms with E-state index in [2.05, 4.69) is 10.4 Å². The smallest absolute Gasteiger partial charge is 0.145 e. The third-order valence-corrected chi connectivity index (χ3v) is 2.91. The van der Waals surface area contributed by atoms with Crippen molar-refractivity contribution in [2.45, 2.75) is 20.8 Å². The molecule has 0 aliphatic rings. The van der Waals surface area contributed by atoms with Gasteiger partial charge in [-0.25, -0.2) is 4.98 Å². The number of hydrazine groups is 1. The number of nitrogen functional groups attached to an aromatic ring is 1. The molecule has 0 atom stereocenters. The number of anilines is 1. The van der Waals surface area contributed by atoms with Crippen molar-refractivity contribution in [3.63, 3.8) is 0 Å². The highest BCUT2D eigenvalue weighted by molar-refractivity contribution is 5.96. The second-order valence-electron chi connectivity index (χ2n) is 3.93. The minimum Gasteiger partial charge on any atom is -0.492 e. The van der Waals surface area contributed by atoms with Crippen LogP contribution in [0, 0.1) is 13.8 Å². The molecule has 1 aromatic carbocycles.